The van der Waals surface area contributed by atoms with Crippen molar-refractivity contribution in [2.45, 2.75) is 25.6 Å². The summed E-state index contributed by atoms with van der Waals surface area (Å²) in [6.45, 7) is 1.57. The molecule has 0 saturated heterocycles. The molecule has 4 N–H and O–H groups in total. The van der Waals surface area contributed by atoms with E-state index in [1.807, 2.05) is 0 Å². The lowest BCUT2D eigenvalue weighted by Gasteiger charge is -2.14. The standard InChI is InChI=1S/C7H15NO4/c1-2-5(10)6(11)7(12)8-3-4-9/h5-6,9-11H,2-4H2,1H3,(H,8,12)/t5?,6-/m1/s1. The maximum absolute atomic E-state index is 10.9. The summed E-state index contributed by atoms with van der Waals surface area (Å²) in [6, 6.07) is 0. The molecule has 0 aromatic heterocycles. The van der Waals surface area contributed by atoms with Crippen LogP contribution in [-0.2, 0) is 4.79 Å². The third-order valence-electron chi connectivity index (χ3n) is 1.46. The van der Waals surface area contributed by atoms with Gasteiger partial charge in [-0.2, -0.15) is 0 Å². The zero-order chi connectivity index (χ0) is 9.56. The Hall–Kier alpha value is -0.650. The van der Waals surface area contributed by atoms with E-state index in [1.165, 1.54) is 0 Å². The molecule has 5 heteroatoms. The Morgan fingerprint density at radius 3 is 2.50 bits per heavy atom. The van der Waals surface area contributed by atoms with Crippen LogP contribution >= 0.6 is 0 Å². The molecule has 1 amide bonds. The van der Waals surface area contributed by atoms with Crippen molar-refractivity contribution in [3.63, 3.8) is 0 Å². The van der Waals surface area contributed by atoms with Gasteiger partial charge in [-0.15, -0.1) is 0 Å². The van der Waals surface area contributed by atoms with E-state index < -0.39 is 18.1 Å². The van der Waals surface area contributed by atoms with Crippen LogP contribution in [0.5, 0.6) is 0 Å². The van der Waals surface area contributed by atoms with Gasteiger partial charge in [-0.3, -0.25) is 4.79 Å². The number of hydrogen-bond acceptors (Lipinski definition) is 4. The maximum atomic E-state index is 10.9. The second-order valence-electron chi connectivity index (χ2n) is 2.44. The van der Waals surface area contributed by atoms with Crippen LogP contribution in [0.3, 0.4) is 0 Å². The molecule has 0 saturated carbocycles. The number of carbonyl (C=O) groups excluding carboxylic acids is 1. The van der Waals surface area contributed by atoms with Crippen molar-refractivity contribution in [3.05, 3.63) is 0 Å². The Morgan fingerprint density at radius 2 is 2.08 bits per heavy atom. The molecule has 0 radical (unpaired) electrons. The number of aliphatic hydroxyl groups excluding tert-OH is 3. The Morgan fingerprint density at radius 1 is 1.50 bits per heavy atom. The molecule has 0 aromatic carbocycles. The molecule has 0 aromatic rings. The van der Waals surface area contributed by atoms with Gasteiger partial charge in [-0.1, -0.05) is 6.92 Å². The van der Waals surface area contributed by atoms with Crippen molar-refractivity contribution in [3.8, 4) is 0 Å². The predicted octanol–water partition coefficient (Wildman–Crippen LogP) is -1.77. The Labute approximate surface area is 71.0 Å². The summed E-state index contributed by atoms with van der Waals surface area (Å²) in [5.41, 5.74) is 0. The first-order valence-electron chi connectivity index (χ1n) is 3.88. The van der Waals surface area contributed by atoms with E-state index in [1.54, 1.807) is 6.92 Å². The minimum Gasteiger partial charge on any atom is -0.395 e. The molecule has 72 valence electrons. The van der Waals surface area contributed by atoms with Crippen LogP contribution in [0.15, 0.2) is 0 Å². The predicted molar refractivity (Wildman–Crippen MR) is 42.4 cm³/mol. The van der Waals surface area contributed by atoms with Gasteiger partial charge in [0.25, 0.3) is 5.91 Å². The molecule has 5 nitrogen and oxygen atoms in total. The molecular weight excluding hydrogens is 162 g/mol. The van der Waals surface area contributed by atoms with Crippen LogP contribution in [0.25, 0.3) is 0 Å². The van der Waals surface area contributed by atoms with Crippen LogP contribution in [0.2, 0.25) is 0 Å². The van der Waals surface area contributed by atoms with Gasteiger partial charge in [0.15, 0.2) is 6.10 Å². The highest BCUT2D eigenvalue weighted by atomic mass is 16.3. The summed E-state index contributed by atoms with van der Waals surface area (Å²) in [7, 11) is 0. The maximum Gasteiger partial charge on any atom is 0.251 e. The summed E-state index contributed by atoms with van der Waals surface area (Å²) in [5, 5.41) is 28.7. The van der Waals surface area contributed by atoms with Gasteiger partial charge < -0.3 is 20.6 Å². The van der Waals surface area contributed by atoms with Gasteiger partial charge in [0, 0.05) is 6.54 Å². The summed E-state index contributed by atoms with van der Waals surface area (Å²) in [6.07, 6.45) is -2.13. The van der Waals surface area contributed by atoms with Gasteiger partial charge in [0.2, 0.25) is 0 Å². The molecule has 0 bridgehead atoms. The van der Waals surface area contributed by atoms with Gasteiger partial charge >= 0.3 is 0 Å². The first kappa shape index (κ1) is 11.4. The molecule has 0 aliphatic heterocycles. The number of aliphatic hydroxyl groups is 3. The first-order chi connectivity index (χ1) is 5.63. The SMILES string of the molecule is CCC(O)[C@@H](O)C(=O)NCCO. The van der Waals surface area contributed by atoms with Crippen molar-refractivity contribution in [1.82, 2.24) is 5.32 Å². The smallest absolute Gasteiger partial charge is 0.251 e. The largest absolute Gasteiger partial charge is 0.395 e. The molecule has 0 heterocycles. The van der Waals surface area contributed by atoms with E-state index in [4.69, 9.17) is 15.3 Å². The van der Waals surface area contributed by atoms with E-state index >= 15 is 0 Å². The number of nitrogens with one attached hydrogen (secondary N) is 1. The second-order valence-corrected chi connectivity index (χ2v) is 2.44. The molecule has 0 spiro atoms. The van der Waals surface area contributed by atoms with Crippen LogP contribution in [0, 0.1) is 0 Å². The zero-order valence-corrected chi connectivity index (χ0v) is 7.03. The molecule has 1 unspecified atom stereocenters. The zero-order valence-electron chi connectivity index (χ0n) is 7.03. The summed E-state index contributed by atoms with van der Waals surface area (Å²) < 4.78 is 0. The van der Waals surface area contributed by atoms with Crippen molar-refractivity contribution >= 4 is 5.91 Å². The Balaban J connectivity index is 3.75. The average Bonchev–Trinajstić information content (AvgIpc) is 2.11. The molecule has 0 fully saturated rings. The minimum absolute atomic E-state index is 0.0896. The fourth-order valence-electron chi connectivity index (χ4n) is 0.682. The van der Waals surface area contributed by atoms with Crippen molar-refractivity contribution in [1.29, 1.82) is 0 Å². The number of carbonyl (C=O) groups is 1. The normalized spacial score (nSPS) is 15.3. The summed E-state index contributed by atoms with van der Waals surface area (Å²) in [4.78, 5) is 10.9. The Bertz CT molecular complexity index is 139. The summed E-state index contributed by atoms with van der Waals surface area (Å²) in [5.74, 6) is -0.654. The first-order valence-corrected chi connectivity index (χ1v) is 3.88. The quantitative estimate of drug-likeness (QED) is 0.400. The second kappa shape index (κ2) is 5.93. The third-order valence-corrected chi connectivity index (χ3v) is 1.46. The molecular formula is C7H15NO4. The molecule has 0 rings (SSSR count). The lowest BCUT2D eigenvalue weighted by molar-refractivity contribution is -0.135. The van der Waals surface area contributed by atoms with E-state index in [0.717, 1.165) is 0 Å². The number of hydrogen-bond donors (Lipinski definition) is 4. The van der Waals surface area contributed by atoms with Gasteiger partial charge in [-0.25, -0.2) is 0 Å². The highest BCUT2D eigenvalue weighted by Crippen LogP contribution is 1.97. The average molecular weight is 177 g/mol. The topological polar surface area (TPSA) is 89.8 Å². The van der Waals surface area contributed by atoms with Gasteiger partial charge in [-0.05, 0) is 6.42 Å². The number of rotatable bonds is 5. The molecule has 0 aliphatic rings. The highest BCUT2D eigenvalue weighted by molar-refractivity contribution is 5.81. The minimum atomic E-state index is -1.40. The fraction of sp³-hybridized carbons (Fsp3) is 0.857. The van der Waals surface area contributed by atoms with Crippen molar-refractivity contribution < 1.29 is 20.1 Å². The molecule has 12 heavy (non-hydrogen) atoms. The van der Waals surface area contributed by atoms with Gasteiger partial charge in [0.05, 0.1) is 12.7 Å². The van der Waals surface area contributed by atoms with Crippen LogP contribution in [0.1, 0.15) is 13.3 Å². The monoisotopic (exact) mass is 177 g/mol. The highest BCUT2D eigenvalue weighted by Gasteiger charge is 2.21. The molecule has 2 atom stereocenters. The van der Waals surface area contributed by atoms with E-state index in [9.17, 15) is 4.79 Å². The van der Waals surface area contributed by atoms with Crippen LogP contribution < -0.4 is 5.32 Å². The number of amides is 1. The van der Waals surface area contributed by atoms with Crippen LogP contribution in [0.4, 0.5) is 0 Å². The summed E-state index contributed by atoms with van der Waals surface area (Å²) >= 11 is 0. The lowest BCUT2D eigenvalue weighted by Crippen LogP contribution is -2.42. The fourth-order valence-corrected chi connectivity index (χ4v) is 0.682. The lowest BCUT2D eigenvalue weighted by atomic mass is 10.1. The van der Waals surface area contributed by atoms with E-state index in [0.29, 0.717) is 6.42 Å². The van der Waals surface area contributed by atoms with Crippen molar-refractivity contribution in [2.24, 2.45) is 0 Å². The third kappa shape index (κ3) is 3.66. The Kier molecular flexibility index (Phi) is 5.61. The van der Waals surface area contributed by atoms with E-state index in [-0.39, 0.29) is 13.2 Å². The molecule has 0 aliphatic carbocycles. The van der Waals surface area contributed by atoms with Gasteiger partial charge in [0.1, 0.15) is 0 Å². The van der Waals surface area contributed by atoms with Crippen LogP contribution in [-0.4, -0.2) is 46.6 Å². The van der Waals surface area contributed by atoms with Crippen molar-refractivity contribution in [2.75, 3.05) is 13.2 Å². The van der Waals surface area contributed by atoms with E-state index in [2.05, 4.69) is 5.32 Å².